The number of carbonyl (C=O) groups excluding carboxylic acids is 1. The molecule has 11 nitrogen and oxygen atoms in total. The van der Waals surface area contributed by atoms with Crippen molar-refractivity contribution in [3.05, 3.63) is 83.2 Å². The van der Waals surface area contributed by atoms with Crippen LogP contribution in [0.5, 0.6) is 5.75 Å². The van der Waals surface area contributed by atoms with E-state index in [0.29, 0.717) is 25.6 Å². The van der Waals surface area contributed by atoms with Crippen LogP contribution in [-0.4, -0.2) is 117 Å². The normalized spacial score (nSPS) is 18.0. The number of aliphatic hydroxyl groups is 5. The minimum atomic E-state index is -1.74. The molecule has 52 heavy (non-hydrogen) atoms. The van der Waals surface area contributed by atoms with Gasteiger partial charge in [-0.1, -0.05) is 43.3 Å². The number of nitrogens with zero attached hydrogens (tertiary/aromatic N) is 3. The summed E-state index contributed by atoms with van der Waals surface area (Å²) >= 11 is 0. The standard InChI is InChI=1S/C41H58N4O7/c1-27(8-7-11-38(49)45(21-20-44(3)4)25-35(47)39(50)40(51)36(48)26-46)29-13-12-28(2)30(22-29)23-43-41(17-18-41)34-24-42-19-16-32(34)33-9-5-6-10-37(33)52-31-14-15-31/h5-6,9-10,12-13,16,19,22,24,27,31,35-36,39-40,43,46-48,50-51H,7-8,11,14-15,17-18,20-21,23,25-26H2,1-4H3/t27?,35-,36+,39+,40+/m0/s1. The van der Waals surface area contributed by atoms with Gasteiger partial charge in [0.2, 0.25) is 5.91 Å². The van der Waals surface area contributed by atoms with Crippen LogP contribution in [0.1, 0.15) is 80.0 Å². The number of hydrogen-bond donors (Lipinski definition) is 6. The first-order chi connectivity index (χ1) is 24.9. The SMILES string of the molecule is Cc1ccc(C(C)CCCC(=O)N(CCN(C)C)C[C@H](O)[C@@H](O)[C@H](O)[C@H](O)CO)cc1CNC1(c2cnccc2-c2ccccc2OC2CC2)CC1. The average Bonchev–Trinajstić information content (AvgIpc) is 4.09. The first-order valence-corrected chi connectivity index (χ1v) is 18.7. The van der Waals surface area contributed by atoms with Crippen LogP contribution in [0, 0.1) is 6.92 Å². The molecule has 2 fully saturated rings. The van der Waals surface area contributed by atoms with Crippen molar-refractivity contribution in [2.75, 3.05) is 40.3 Å². The third-order valence-corrected chi connectivity index (χ3v) is 10.6. The van der Waals surface area contributed by atoms with Gasteiger partial charge in [0, 0.05) is 56.1 Å². The molecule has 1 aromatic heterocycles. The lowest BCUT2D eigenvalue weighted by atomic mass is 9.91. The lowest BCUT2D eigenvalue weighted by Gasteiger charge is -2.31. The van der Waals surface area contributed by atoms with Crippen molar-refractivity contribution in [2.45, 2.75) is 107 Å². The number of pyridine rings is 1. The largest absolute Gasteiger partial charge is 0.490 e. The zero-order valence-corrected chi connectivity index (χ0v) is 31.1. The van der Waals surface area contributed by atoms with Crippen LogP contribution in [0.2, 0.25) is 0 Å². The molecular weight excluding hydrogens is 660 g/mol. The van der Waals surface area contributed by atoms with Crippen LogP contribution in [0.4, 0.5) is 0 Å². The van der Waals surface area contributed by atoms with Crippen molar-refractivity contribution < 1.29 is 35.1 Å². The fourth-order valence-corrected chi connectivity index (χ4v) is 6.71. The van der Waals surface area contributed by atoms with Crippen molar-refractivity contribution in [1.82, 2.24) is 20.1 Å². The zero-order chi connectivity index (χ0) is 37.4. The fraction of sp³-hybridized carbons (Fsp3) is 0.561. The van der Waals surface area contributed by atoms with E-state index in [1.54, 1.807) is 0 Å². The van der Waals surface area contributed by atoms with E-state index in [-0.39, 0.29) is 30.3 Å². The summed E-state index contributed by atoms with van der Waals surface area (Å²) in [6.45, 7) is 4.97. The van der Waals surface area contributed by atoms with Gasteiger partial charge in [-0.05, 0) is 105 Å². The number of rotatable bonds is 21. The van der Waals surface area contributed by atoms with Gasteiger partial charge in [0.25, 0.3) is 0 Å². The van der Waals surface area contributed by atoms with E-state index in [4.69, 9.17) is 9.84 Å². The summed E-state index contributed by atoms with van der Waals surface area (Å²) < 4.78 is 6.29. The number of nitrogens with one attached hydrogen (secondary N) is 1. The number of carbonyl (C=O) groups is 1. The molecule has 0 saturated heterocycles. The second kappa shape index (κ2) is 18.1. The maximum Gasteiger partial charge on any atom is 0.222 e. The molecule has 0 bridgehead atoms. The zero-order valence-electron chi connectivity index (χ0n) is 31.1. The summed E-state index contributed by atoms with van der Waals surface area (Å²) in [7, 11) is 3.77. The summed E-state index contributed by atoms with van der Waals surface area (Å²) in [5.41, 5.74) is 7.00. The molecule has 6 N–H and O–H groups in total. The van der Waals surface area contributed by atoms with Gasteiger partial charge in [-0.3, -0.25) is 9.78 Å². The van der Waals surface area contributed by atoms with Crippen molar-refractivity contribution in [3.8, 4) is 16.9 Å². The number of aryl methyl sites for hydroxylation is 1. The molecule has 5 atom stereocenters. The lowest BCUT2D eigenvalue weighted by Crippen LogP contribution is -2.51. The first-order valence-electron chi connectivity index (χ1n) is 18.7. The molecule has 284 valence electrons. The van der Waals surface area contributed by atoms with Gasteiger partial charge in [0.1, 0.15) is 30.2 Å². The van der Waals surface area contributed by atoms with Gasteiger partial charge >= 0.3 is 0 Å². The second-order valence-electron chi connectivity index (χ2n) is 15.1. The highest BCUT2D eigenvalue weighted by atomic mass is 16.5. The fourth-order valence-electron chi connectivity index (χ4n) is 6.71. The van der Waals surface area contributed by atoms with Gasteiger partial charge in [-0.15, -0.1) is 0 Å². The number of para-hydroxylation sites is 1. The Morgan fingerprint density at radius 1 is 1.00 bits per heavy atom. The van der Waals surface area contributed by atoms with Crippen LogP contribution in [0.15, 0.2) is 60.9 Å². The molecule has 1 amide bonds. The number of amides is 1. The molecule has 11 heteroatoms. The summed E-state index contributed by atoms with van der Waals surface area (Å²) in [5.74, 6) is 0.991. The van der Waals surface area contributed by atoms with Crippen LogP contribution in [0.25, 0.3) is 11.1 Å². The third kappa shape index (κ3) is 10.4. The van der Waals surface area contributed by atoms with E-state index in [2.05, 4.69) is 66.6 Å². The molecule has 0 radical (unpaired) electrons. The highest BCUT2D eigenvalue weighted by Crippen LogP contribution is 2.50. The summed E-state index contributed by atoms with van der Waals surface area (Å²) in [6.07, 6.45) is 3.63. The summed E-state index contributed by atoms with van der Waals surface area (Å²) in [6, 6.07) is 17.0. The Balaban J connectivity index is 1.19. The average molecular weight is 719 g/mol. The molecule has 0 spiro atoms. The second-order valence-corrected chi connectivity index (χ2v) is 15.1. The molecule has 2 saturated carbocycles. The highest BCUT2D eigenvalue weighted by molar-refractivity contribution is 5.76. The number of aromatic nitrogens is 1. The Hall–Kier alpha value is -3.42. The maximum atomic E-state index is 13.3. The molecule has 1 unspecified atom stereocenters. The monoisotopic (exact) mass is 718 g/mol. The lowest BCUT2D eigenvalue weighted by molar-refractivity contribution is -0.140. The topological polar surface area (TPSA) is 159 Å². The van der Waals surface area contributed by atoms with Crippen LogP contribution in [-0.2, 0) is 16.9 Å². The van der Waals surface area contributed by atoms with Crippen molar-refractivity contribution in [3.63, 3.8) is 0 Å². The van der Waals surface area contributed by atoms with Gasteiger partial charge in [-0.25, -0.2) is 0 Å². The number of likely N-dealkylation sites (N-methyl/N-ethyl adjacent to an activating group) is 1. The predicted molar refractivity (Wildman–Crippen MR) is 201 cm³/mol. The molecule has 2 aliphatic rings. The molecule has 1 heterocycles. The Morgan fingerprint density at radius 2 is 1.73 bits per heavy atom. The van der Waals surface area contributed by atoms with Gasteiger partial charge in [0.05, 0.1) is 12.7 Å². The minimum absolute atomic E-state index is 0.149. The van der Waals surface area contributed by atoms with E-state index < -0.39 is 31.0 Å². The van der Waals surface area contributed by atoms with E-state index >= 15 is 0 Å². The Labute approximate surface area is 308 Å². The quantitative estimate of drug-likeness (QED) is 0.0964. The van der Waals surface area contributed by atoms with E-state index in [9.17, 15) is 25.2 Å². The number of ether oxygens (including phenoxy) is 1. The number of benzene rings is 2. The van der Waals surface area contributed by atoms with Crippen LogP contribution < -0.4 is 10.1 Å². The molecule has 2 aliphatic carbocycles. The number of aliphatic hydroxyl groups excluding tert-OH is 5. The molecular formula is C41H58N4O7. The molecule has 3 aromatic rings. The Bertz CT molecular complexity index is 1610. The molecule has 0 aliphatic heterocycles. The predicted octanol–water partition coefficient (Wildman–Crippen LogP) is 3.48. The Morgan fingerprint density at radius 3 is 2.42 bits per heavy atom. The number of hydrogen-bond acceptors (Lipinski definition) is 10. The third-order valence-electron chi connectivity index (χ3n) is 10.6. The van der Waals surface area contributed by atoms with Crippen molar-refractivity contribution in [2.24, 2.45) is 0 Å². The minimum Gasteiger partial charge on any atom is -0.490 e. The van der Waals surface area contributed by atoms with Crippen molar-refractivity contribution >= 4 is 5.91 Å². The van der Waals surface area contributed by atoms with E-state index in [0.717, 1.165) is 55.5 Å². The van der Waals surface area contributed by atoms with E-state index in [1.165, 1.54) is 27.2 Å². The maximum absolute atomic E-state index is 13.3. The van der Waals surface area contributed by atoms with E-state index in [1.807, 2.05) is 37.5 Å². The molecule has 5 rings (SSSR count). The van der Waals surface area contributed by atoms with Crippen LogP contribution in [0.3, 0.4) is 0 Å². The van der Waals surface area contributed by atoms with Gasteiger partial charge < -0.3 is 45.4 Å². The Kier molecular flexibility index (Phi) is 13.8. The highest BCUT2D eigenvalue weighted by Gasteiger charge is 2.46. The first kappa shape index (κ1) is 39.8. The van der Waals surface area contributed by atoms with Gasteiger partial charge in [0.15, 0.2) is 0 Å². The van der Waals surface area contributed by atoms with Crippen molar-refractivity contribution in [1.29, 1.82) is 0 Å². The summed E-state index contributed by atoms with van der Waals surface area (Å²) in [5, 5.41) is 53.6. The van der Waals surface area contributed by atoms with Gasteiger partial charge in [-0.2, -0.15) is 0 Å². The van der Waals surface area contributed by atoms with Crippen LogP contribution >= 0.6 is 0 Å². The summed E-state index contributed by atoms with van der Waals surface area (Å²) in [4.78, 5) is 21.3. The molecule has 2 aromatic carbocycles. The smallest absolute Gasteiger partial charge is 0.222 e.